The molecule has 0 saturated heterocycles. The van der Waals surface area contributed by atoms with Crippen molar-refractivity contribution in [3.8, 4) is 0 Å². The van der Waals surface area contributed by atoms with Crippen molar-refractivity contribution < 1.29 is 4.79 Å². The van der Waals surface area contributed by atoms with Crippen molar-refractivity contribution in [2.75, 3.05) is 0 Å². The van der Waals surface area contributed by atoms with Crippen LogP contribution < -0.4 is 0 Å². The average molecular weight is 170 g/mol. The van der Waals surface area contributed by atoms with Gasteiger partial charge in [-0.2, -0.15) is 0 Å². The largest absolute Gasteiger partial charge is 0.298 e. The van der Waals surface area contributed by atoms with E-state index in [2.05, 4.69) is 4.98 Å². The van der Waals surface area contributed by atoms with Crippen molar-refractivity contribution in [1.82, 2.24) is 4.98 Å². The highest BCUT2D eigenvalue weighted by molar-refractivity contribution is 6.30. The number of nitrogens with zero attached hydrogens (tertiary/aromatic N) is 1. The second-order valence-corrected chi connectivity index (χ2v) is 2.69. The quantitative estimate of drug-likeness (QED) is 0.634. The molecule has 1 atom stereocenters. The molecule has 0 aliphatic carbocycles. The lowest BCUT2D eigenvalue weighted by Crippen LogP contribution is -2.00. The molecule has 0 radical (unpaired) electrons. The van der Waals surface area contributed by atoms with Crippen LogP contribution in [-0.4, -0.2) is 10.8 Å². The van der Waals surface area contributed by atoms with Gasteiger partial charge in [-0.3, -0.25) is 9.78 Å². The van der Waals surface area contributed by atoms with E-state index >= 15 is 0 Å². The molecular formula is C8H8ClNO. The van der Waals surface area contributed by atoms with E-state index in [1.165, 1.54) is 6.92 Å². The Labute approximate surface area is 70.2 Å². The molecule has 0 amide bonds. The Kier molecular flexibility index (Phi) is 2.60. The number of Topliss-reactive ketones (excluding diaryl/α,β-unsaturated/α-hetero) is 1. The smallest absolute Gasteiger partial charge is 0.152 e. The summed E-state index contributed by atoms with van der Waals surface area (Å²) in [6, 6.07) is 3.47. The summed E-state index contributed by atoms with van der Waals surface area (Å²) in [5.74, 6) is -0.0436. The maximum absolute atomic E-state index is 10.8. The van der Waals surface area contributed by atoms with Crippen molar-refractivity contribution in [1.29, 1.82) is 0 Å². The molecule has 1 aromatic rings. The Morgan fingerprint density at radius 2 is 2.09 bits per heavy atom. The van der Waals surface area contributed by atoms with Gasteiger partial charge in [0.1, 0.15) is 5.38 Å². The number of halogens is 1. The van der Waals surface area contributed by atoms with Crippen molar-refractivity contribution in [3.63, 3.8) is 0 Å². The fourth-order valence-electron chi connectivity index (χ4n) is 0.767. The molecule has 1 heterocycles. The molecule has 2 nitrogen and oxygen atoms in total. The van der Waals surface area contributed by atoms with E-state index in [4.69, 9.17) is 11.6 Å². The van der Waals surface area contributed by atoms with Gasteiger partial charge in [-0.05, 0) is 24.6 Å². The first kappa shape index (κ1) is 8.21. The summed E-state index contributed by atoms with van der Waals surface area (Å²) in [5.41, 5.74) is 0.800. The number of pyridine rings is 1. The van der Waals surface area contributed by atoms with Crippen LogP contribution in [0.5, 0.6) is 0 Å². The standard InChI is InChI=1S/C8H8ClNO/c1-6(11)8(9)7-2-4-10-5-3-7/h2-5,8H,1H3. The second kappa shape index (κ2) is 3.49. The zero-order chi connectivity index (χ0) is 8.27. The lowest BCUT2D eigenvalue weighted by atomic mass is 10.1. The lowest BCUT2D eigenvalue weighted by Gasteiger charge is -2.03. The number of aromatic nitrogens is 1. The Morgan fingerprint density at radius 3 is 2.55 bits per heavy atom. The molecule has 1 rings (SSSR count). The van der Waals surface area contributed by atoms with E-state index in [1.54, 1.807) is 24.5 Å². The summed E-state index contributed by atoms with van der Waals surface area (Å²) in [4.78, 5) is 14.6. The van der Waals surface area contributed by atoms with Gasteiger partial charge in [0.15, 0.2) is 5.78 Å². The second-order valence-electron chi connectivity index (χ2n) is 2.25. The number of hydrogen-bond acceptors (Lipinski definition) is 2. The Hall–Kier alpha value is -0.890. The van der Waals surface area contributed by atoms with Crippen LogP contribution in [0.25, 0.3) is 0 Å². The van der Waals surface area contributed by atoms with Gasteiger partial charge in [0.05, 0.1) is 0 Å². The average Bonchev–Trinajstić information content (AvgIpc) is 2.05. The van der Waals surface area contributed by atoms with E-state index in [1.807, 2.05) is 0 Å². The molecule has 11 heavy (non-hydrogen) atoms. The minimum Gasteiger partial charge on any atom is -0.298 e. The monoisotopic (exact) mass is 169 g/mol. The lowest BCUT2D eigenvalue weighted by molar-refractivity contribution is -0.116. The predicted molar refractivity (Wildman–Crippen MR) is 43.5 cm³/mol. The third kappa shape index (κ3) is 2.02. The summed E-state index contributed by atoms with van der Waals surface area (Å²) in [7, 11) is 0. The van der Waals surface area contributed by atoms with E-state index in [-0.39, 0.29) is 5.78 Å². The van der Waals surface area contributed by atoms with E-state index in [9.17, 15) is 4.79 Å². The van der Waals surface area contributed by atoms with Crippen molar-refractivity contribution in [2.24, 2.45) is 0 Å². The van der Waals surface area contributed by atoms with Gasteiger partial charge in [-0.1, -0.05) is 0 Å². The highest BCUT2D eigenvalue weighted by Crippen LogP contribution is 2.19. The Balaban J connectivity index is 2.85. The molecule has 0 aliphatic heterocycles. The van der Waals surface area contributed by atoms with Gasteiger partial charge in [0.2, 0.25) is 0 Å². The van der Waals surface area contributed by atoms with Crippen LogP contribution in [-0.2, 0) is 4.79 Å². The highest BCUT2D eigenvalue weighted by atomic mass is 35.5. The molecule has 0 bridgehead atoms. The fraction of sp³-hybridized carbons (Fsp3) is 0.250. The van der Waals surface area contributed by atoms with Gasteiger partial charge in [0, 0.05) is 12.4 Å². The van der Waals surface area contributed by atoms with Crippen LogP contribution in [0.4, 0.5) is 0 Å². The van der Waals surface area contributed by atoms with Crippen molar-refractivity contribution in [2.45, 2.75) is 12.3 Å². The molecule has 3 heteroatoms. The molecule has 0 aromatic carbocycles. The third-order valence-electron chi connectivity index (χ3n) is 1.36. The summed E-state index contributed by atoms with van der Waals surface area (Å²) in [6.07, 6.45) is 3.24. The maximum Gasteiger partial charge on any atom is 0.152 e. The molecular weight excluding hydrogens is 162 g/mol. The maximum atomic E-state index is 10.8. The molecule has 0 fully saturated rings. The fourth-order valence-corrected chi connectivity index (χ4v) is 0.913. The van der Waals surface area contributed by atoms with E-state index in [0.29, 0.717) is 0 Å². The molecule has 0 saturated carbocycles. The van der Waals surface area contributed by atoms with Crippen LogP contribution in [0.3, 0.4) is 0 Å². The van der Waals surface area contributed by atoms with Crippen LogP contribution in [0, 0.1) is 0 Å². The number of rotatable bonds is 2. The SMILES string of the molecule is CC(=O)C(Cl)c1ccncc1. The zero-order valence-corrected chi connectivity index (χ0v) is 6.88. The minimum atomic E-state index is -0.530. The van der Waals surface area contributed by atoms with Gasteiger partial charge in [-0.15, -0.1) is 11.6 Å². The Bertz CT molecular complexity index is 248. The number of ketones is 1. The molecule has 58 valence electrons. The normalized spacial score (nSPS) is 12.5. The number of alkyl halides is 1. The van der Waals surface area contributed by atoms with E-state index < -0.39 is 5.38 Å². The van der Waals surface area contributed by atoms with Crippen LogP contribution >= 0.6 is 11.6 Å². The van der Waals surface area contributed by atoms with Gasteiger partial charge >= 0.3 is 0 Å². The minimum absolute atomic E-state index is 0.0436. The van der Waals surface area contributed by atoms with Crippen molar-refractivity contribution in [3.05, 3.63) is 30.1 Å². The first-order valence-electron chi connectivity index (χ1n) is 3.26. The van der Waals surface area contributed by atoms with Crippen LogP contribution in [0.2, 0.25) is 0 Å². The summed E-state index contributed by atoms with van der Waals surface area (Å²) >= 11 is 5.76. The predicted octanol–water partition coefficient (Wildman–Crippen LogP) is 1.95. The molecule has 0 aliphatic rings. The summed E-state index contributed by atoms with van der Waals surface area (Å²) in [6.45, 7) is 1.47. The van der Waals surface area contributed by atoms with Crippen LogP contribution in [0.1, 0.15) is 17.9 Å². The molecule has 1 aromatic heterocycles. The Morgan fingerprint density at radius 1 is 1.55 bits per heavy atom. The van der Waals surface area contributed by atoms with Crippen molar-refractivity contribution >= 4 is 17.4 Å². The van der Waals surface area contributed by atoms with Gasteiger partial charge < -0.3 is 0 Å². The number of carbonyl (C=O) groups excluding carboxylic acids is 1. The topological polar surface area (TPSA) is 30.0 Å². The first-order valence-corrected chi connectivity index (χ1v) is 3.70. The van der Waals surface area contributed by atoms with E-state index in [0.717, 1.165) is 5.56 Å². The molecule has 0 N–H and O–H groups in total. The highest BCUT2D eigenvalue weighted by Gasteiger charge is 2.11. The van der Waals surface area contributed by atoms with Gasteiger partial charge in [0.25, 0.3) is 0 Å². The summed E-state index contributed by atoms with van der Waals surface area (Å²) < 4.78 is 0. The summed E-state index contributed by atoms with van der Waals surface area (Å²) in [5, 5.41) is -0.530. The number of hydrogen-bond donors (Lipinski definition) is 0. The number of carbonyl (C=O) groups is 1. The molecule has 1 unspecified atom stereocenters. The zero-order valence-electron chi connectivity index (χ0n) is 6.12. The van der Waals surface area contributed by atoms with Crippen LogP contribution in [0.15, 0.2) is 24.5 Å². The van der Waals surface area contributed by atoms with Gasteiger partial charge in [-0.25, -0.2) is 0 Å². The molecule has 0 spiro atoms. The third-order valence-corrected chi connectivity index (χ3v) is 1.91. The first-order chi connectivity index (χ1) is 5.22.